The molecule has 6 nitrogen and oxygen atoms in total. The van der Waals surface area contributed by atoms with Crippen molar-refractivity contribution in [3.8, 4) is 5.69 Å². The summed E-state index contributed by atoms with van der Waals surface area (Å²) in [6, 6.07) is 14.2. The summed E-state index contributed by atoms with van der Waals surface area (Å²) >= 11 is 1.32. The van der Waals surface area contributed by atoms with Gasteiger partial charge in [0.15, 0.2) is 0 Å². The number of nitrogens with zero attached hydrogens (tertiary/aromatic N) is 4. The molecular formula is C19H21N5OS. The molecule has 0 unspecified atom stereocenters. The van der Waals surface area contributed by atoms with E-state index >= 15 is 0 Å². The average molecular weight is 367 g/mol. The summed E-state index contributed by atoms with van der Waals surface area (Å²) in [4.78, 5) is 12.1. The smallest absolute Gasteiger partial charge is 0.230 e. The van der Waals surface area contributed by atoms with Crippen molar-refractivity contribution in [1.29, 1.82) is 0 Å². The van der Waals surface area contributed by atoms with Crippen molar-refractivity contribution in [2.75, 3.05) is 5.75 Å². The van der Waals surface area contributed by atoms with Crippen LogP contribution in [-0.4, -0.2) is 31.9 Å². The maximum Gasteiger partial charge on any atom is 0.230 e. The van der Waals surface area contributed by atoms with E-state index in [9.17, 15) is 4.79 Å². The minimum absolute atomic E-state index is 0.0502. The first kappa shape index (κ1) is 18.1. The highest BCUT2D eigenvalue weighted by Crippen LogP contribution is 2.21. The van der Waals surface area contributed by atoms with Gasteiger partial charge in [-0.2, -0.15) is 4.68 Å². The molecule has 2 aromatic carbocycles. The summed E-state index contributed by atoms with van der Waals surface area (Å²) in [6.45, 7) is 6.62. The van der Waals surface area contributed by atoms with Gasteiger partial charge in [-0.1, -0.05) is 59.3 Å². The summed E-state index contributed by atoms with van der Waals surface area (Å²) in [7, 11) is 0. The van der Waals surface area contributed by atoms with E-state index in [4.69, 9.17) is 0 Å². The van der Waals surface area contributed by atoms with Gasteiger partial charge in [0, 0.05) is 6.54 Å². The normalized spacial score (nSPS) is 10.7. The van der Waals surface area contributed by atoms with Crippen molar-refractivity contribution in [2.45, 2.75) is 32.5 Å². The van der Waals surface area contributed by atoms with Crippen LogP contribution >= 0.6 is 11.8 Å². The van der Waals surface area contributed by atoms with Gasteiger partial charge < -0.3 is 5.32 Å². The molecule has 3 rings (SSSR count). The lowest BCUT2D eigenvalue weighted by Crippen LogP contribution is -2.24. The van der Waals surface area contributed by atoms with E-state index in [2.05, 4.69) is 26.9 Å². The molecule has 0 bridgehead atoms. The van der Waals surface area contributed by atoms with Crippen molar-refractivity contribution in [3.05, 3.63) is 64.7 Å². The van der Waals surface area contributed by atoms with Crippen LogP contribution in [0.5, 0.6) is 0 Å². The first-order valence-electron chi connectivity index (χ1n) is 8.34. The largest absolute Gasteiger partial charge is 0.351 e. The lowest BCUT2D eigenvalue weighted by Gasteiger charge is -2.08. The fourth-order valence-electron chi connectivity index (χ4n) is 2.55. The quantitative estimate of drug-likeness (QED) is 0.678. The van der Waals surface area contributed by atoms with E-state index in [1.54, 1.807) is 4.68 Å². The fourth-order valence-corrected chi connectivity index (χ4v) is 3.26. The molecule has 1 amide bonds. The van der Waals surface area contributed by atoms with Crippen LogP contribution in [0.1, 0.15) is 22.3 Å². The molecule has 7 heteroatoms. The maximum absolute atomic E-state index is 12.1. The Bertz CT molecular complexity index is 905. The average Bonchev–Trinajstić information content (AvgIpc) is 3.08. The zero-order valence-corrected chi connectivity index (χ0v) is 15.9. The molecule has 0 spiro atoms. The predicted octanol–water partition coefficient (Wildman–Crippen LogP) is 3.00. The van der Waals surface area contributed by atoms with Gasteiger partial charge in [-0.3, -0.25) is 4.79 Å². The van der Waals surface area contributed by atoms with Gasteiger partial charge in [0.2, 0.25) is 11.1 Å². The molecule has 0 saturated carbocycles. The summed E-state index contributed by atoms with van der Waals surface area (Å²) in [5.74, 6) is 0.211. The molecule has 0 aliphatic rings. The minimum atomic E-state index is -0.0502. The first-order valence-corrected chi connectivity index (χ1v) is 9.32. The van der Waals surface area contributed by atoms with Gasteiger partial charge in [0.05, 0.1) is 11.4 Å². The number of thioether (sulfide) groups is 1. The molecular weight excluding hydrogens is 346 g/mol. The van der Waals surface area contributed by atoms with Crippen LogP contribution in [0.2, 0.25) is 0 Å². The van der Waals surface area contributed by atoms with Crippen LogP contribution in [0, 0.1) is 20.8 Å². The Hall–Kier alpha value is -2.67. The number of tetrazole rings is 1. The van der Waals surface area contributed by atoms with Crippen molar-refractivity contribution >= 4 is 17.7 Å². The monoisotopic (exact) mass is 367 g/mol. The van der Waals surface area contributed by atoms with Gasteiger partial charge in [-0.15, -0.1) is 5.10 Å². The van der Waals surface area contributed by atoms with Crippen LogP contribution in [0.4, 0.5) is 0 Å². The summed E-state index contributed by atoms with van der Waals surface area (Å²) in [5.41, 5.74) is 5.47. The number of carbonyl (C=O) groups excluding carboxylic acids is 1. The zero-order valence-electron chi connectivity index (χ0n) is 15.1. The number of aromatic nitrogens is 4. The van der Waals surface area contributed by atoms with Gasteiger partial charge in [0.25, 0.3) is 0 Å². The molecule has 0 aliphatic carbocycles. The van der Waals surface area contributed by atoms with Crippen LogP contribution < -0.4 is 5.32 Å². The maximum atomic E-state index is 12.1. The van der Waals surface area contributed by atoms with E-state index in [1.807, 2.05) is 57.2 Å². The molecule has 134 valence electrons. The number of aryl methyl sites for hydroxylation is 3. The molecule has 3 aromatic rings. The van der Waals surface area contributed by atoms with Gasteiger partial charge in [0.1, 0.15) is 0 Å². The van der Waals surface area contributed by atoms with Crippen LogP contribution in [0.3, 0.4) is 0 Å². The Morgan fingerprint density at radius 2 is 1.81 bits per heavy atom. The van der Waals surface area contributed by atoms with Crippen molar-refractivity contribution < 1.29 is 4.79 Å². The highest BCUT2D eigenvalue weighted by Gasteiger charge is 2.13. The van der Waals surface area contributed by atoms with E-state index in [0.717, 1.165) is 16.8 Å². The second-order valence-electron chi connectivity index (χ2n) is 6.21. The van der Waals surface area contributed by atoms with Gasteiger partial charge in [-0.05, 0) is 48.4 Å². The third kappa shape index (κ3) is 4.49. The van der Waals surface area contributed by atoms with Crippen molar-refractivity contribution in [1.82, 2.24) is 25.5 Å². The summed E-state index contributed by atoms with van der Waals surface area (Å²) in [5, 5.41) is 15.4. The van der Waals surface area contributed by atoms with E-state index in [1.165, 1.54) is 22.9 Å². The Morgan fingerprint density at radius 1 is 1.08 bits per heavy atom. The summed E-state index contributed by atoms with van der Waals surface area (Å²) in [6.07, 6.45) is 0. The summed E-state index contributed by atoms with van der Waals surface area (Å²) < 4.78 is 1.67. The van der Waals surface area contributed by atoms with Crippen LogP contribution in [0.25, 0.3) is 5.69 Å². The van der Waals surface area contributed by atoms with Crippen LogP contribution in [-0.2, 0) is 11.3 Å². The predicted molar refractivity (Wildman–Crippen MR) is 102 cm³/mol. The number of hydrogen-bond acceptors (Lipinski definition) is 5. The third-order valence-corrected chi connectivity index (χ3v) is 4.88. The Labute approximate surface area is 157 Å². The molecule has 1 N–H and O–H groups in total. The number of amides is 1. The first-order chi connectivity index (χ1) is 12.5. The molecule has 0 radical (unpaired) electrons. The van der Waals surface area contributed by atoms with E-state index < -0.39 is 0 Å². The molecule has 26 heavy (non-hydrogen) atoms. The zero-order chi connectivity index (χ0) is 18.5. The molecule has 0 saturated heterocycles. The second kappa shape index (κ2) is 8.14. The SMILES string of the molecule is Cc1ccc(CNC(=O)CSc2nnnn2-c2ccc(C)cc2C)cc1. The molecule has 1 heterocycles. The lowest BCUT2D eigenvalue weighted by molar-refractivity contribution is -0.118. The standard InChI is InChI=1S/C19H21N5OS/c1-13-4-7-16(8-5-13)11-20-18(25)12-26-19-21-22-23-24(19)17-9-6-14(2)10-15(17)3/h4-10H,11-12H2,1-3H3,(H,20,25). The minimum Gasteiger partial charge on any atom is -0.351 e. The molecule has 0 fully saturated rings. The number of carbonyl (C=O) groups is 1. The van der Waals surface area contributed by atoms with Gasteiger partial charge in [-0.25, -0.2) is 0 Å². The fraction of sp³-hybridized carbons (Fsp3) is 0.263. The van der Waals surface area contributed by atoms with E-state index in [-0.39, 0.29) is 11.7 Å². The highest BCUT2D eigenvalue weighted by molar-refractivity contribution is 7.99. The lowest BCUT2D eigenvalue weighted by atomic mass is 10.1. The number of benzene rings is 2. The molecule has 1 aromatic heterocycles. The topological polar surface area (TPSA) is 72.7 Å². The molecule has 0 aliphatic heterocycles. The third-order valence-electron chi connectivity index (χ3n) is 3.96. The number of nitrogens with one attached hydrogen (secondary N) is 1. The van der Waals surface area contributed by atoms with Crippen LogP contribution in [0.15, 0.2) is 47.6 Å². The number of rotatable bonds is 6. The number of hydrogen-bond donors (Lipinski definition) is 1. The van der Waals surface area contributed by atoms with Crippen molar-refractivity contribution in [3.63, 3.8) is 0 Å². The van der Waals surface area contributed by atoms with Gasteiger partial charge >= 0.3 is 0 Å². The Balaban J connectivity index is 1.59. The second-order valence-corrected chi connectivity index (χ2v) is 7.16. The van der Waals surface area contributed by atoms with E-state index in [0.29, 0.717) is 11.7 Å². The Kier molecular flexibility index (Phi) is 5.68. The highest BCUT2D eigenvalue weighted by atomic mass is 32.2. The van der Waals surface area contributed by atoms with Crippen molar-refractivity contribution in [2.24, 2.45) is 0 Å². The Morgan fingerprint density at radius 3 is 2.54 bits per heavy atom. The molecule has 0 atom stereocenters.